The van der Waals surface area contributed by atoms with Gasteiger partial charge < -0.3 is 9.84 Å². The van der Waals surface area contributed by atoms with E-state index in [1.54, 1.807) is 12.1 Å². The molecule has 6 heteroatoms. The topological polar surface area (TPSA) is 72.2 Å². The predicted octanol–water partition coefficient (Wildman–Crippen LogP) is 1.99. The van der Waals surface area contributed by atoms with Crippen molar-refractivity contribution in [3.63, 3.8) is 0 Å². The molecule has 2 aromatic rings. The number of sulfone groups is 1. The van der Waals surface area contributed by atoms with E-state index in [0.29, 0.717) is 17.9 Å². The molecule has 0 amide bonds. The SMILES string of the molecule is Cc1cc(CNC2CCS(=O)(=O)c3ccccc32)on1. The van der Waals surface area contributed by atoms with Gasteiger partial charge in [0.1, 0.15) is 0 Å². The van der Waals surface area contributed by atoms with Gasteiger partial charge in [-0.25, -0.2) is 8.42 Å². The zero-order chi connectivity index (χ0) is 14.2. The Balaban J connectivity index is 1.82. The van der Waals surface area contributed by atoms with E-state index in [9.17, 15) is 8.42 Å². The first-order valence-electron chi connectivity index (χ1n) is 6.53. The van der Waals surface area contributed by atoms with Crippen LogP contribution in [-0.2, 0) is 16.4 Å². The molecular weight excluding hydrogens is 276 g/mol. The summed E-state index contributed by atoms with van der Waals surface area (Å²) in [7, 11) is -3.13. The molecule has 0 fully saturated rings. The van der Waals surface area contributed by atoms with E-state index in [1.165, 1.54) is 0 Å². The van der Waals surface area contributed by atoms with Crippen molar-refractivity contribution in [3.8, 4) is 0 Å². The van der Waals surface area contributed by atoms with Crippen molar-refractivity contribution in [3.05, 3.63) is 47.3 Å². The van der Waals surface area contributed by atoms with Crippen LogP contribution in [0.4, 0.5) is 0 Å². The fourth-order valence-corrected chi connectivity index (χ4v) is 4.15. The number of aromatic nitrogens is 1. The van der Waals surface area contributed by atoms with E-state index < -0.39 is 9.84 Å². The van der Waals surface area contributed by atoms with E-state index in [1.807, 2.05) is 25.1 Å². The molecule has 20 heavy (non-hydrogen) atoms. The molecule has 1 aromatic carbocycles. The average molecular weight is 292 g/mol. The maximum Gasteiger partial charge on any atom is 0.178 e. The van der Waals surface area contributed by atoms with Gasteiger partial charge in [-0.2, -0.15) is 0 Å². The second-order valence-corrected chi connectivity index (χ2v) is 7.09. The first-order chi connectivity index (χ1) is 9.56. The highest BCUT2D eigenvalue weighted by Gasteiger charge is 2.29. The Morgan fingerprint density at radius 3 is 2.95 bits per heavy atom. The third kappa shape index (κ3) is 2.48. The van der Waals surface area contributed by atoms with Crippen molar-refractivity contribution >= 4 is 9.84 Å². The summed E-state index contributed by atoms with van der Waals surface area (Å²) in [6, 6.07) is 9.08. The van der Waals surface area contributed by atoms with E-state index in [0.717, 1.165) is 17.0 Å². The lowest BCUT2D eigenvalue weighted by atomic mass is 10.0. The van der Waals surface area contributed by atoms with Crippen molar-refractivity contribution in [2.45, 2.75) is 30.8 Å². The van der Waals surface area contributed by atoms with Crippen molar-refractivity contribution in [1.82, 2.24) is 10.5 Å². The number of nitrogens with one attached hydrogen (secondary N) is 1. The van der Waals surface area contributed by atoms with E-state index in [4.69, 9.17) is 4.52 Å². The standard InChI is InChI=1S/C14H16N2O3S/c1-10-8-11(19-16-10)9-15-13-6-7-20(17,18)14-5-3-2-4-12(13)14/h2-5,8,13,15H,6-7,9H2,1H3. The van der Waals surface area contributed by atoms with Gasteiger partial charge >= 0.3 is 0 Å². The largest absolute Gasteiger partial charge is 0.360 e. The van der Waals surface area contributed by atoms with Gasteiger partial charge in [0, 0.05) is 12.1 Å². The number of hydrogen-bond donors (Lipinski definition) is 1. The third-order valence-corrected chi connectivity index (χ3v) is 5.32. The molecule has 1 aromatic heterocycles. The molecule has 3 rings (SSSR count). The van der Waals surface area contributed by atoms with Gasteiger partial charge in [0.2, 0.25) is 0 Å². The number of nitrogens with zero attached hydrogens (tertiary/aromatic N) is 1. The highest BCUT2D eigenvalue weighted by Crippen LogP contribution is 2.31. The van der Waals surface area contributed by atoms with Gasteiger partial charge in [-0.15, -0.1) is 0 Å². The quantitative estimate of drug-likeness (QED) is 0.936. The molecule has 2 heterocycles. The summed E-state index contributed by atoms with van der Waals surface area (Å²) in [5, 5.41) is 7.18. The number of rotatable bonds is 3. The van der Waals surface area contributed by atoms with Crippen LogP contribution in [0.5, 0.6) is 0 Å². The van der Waals surface area contributed by atoms with Crippen LogP contribution >= 0.6 is 0 Å². The fourth-order valence-electron chi connectivity index (χ4n) is 2.53. The van der Waals surface area contributed by atoms with Crippen molar-refractivity contribution in [1.29, 1.82) is 0 Å². The molecule has 0 bridgehead atoms. The van der Waals surface area contributed by atoms with Crippen LogP contribution in [0, 0.1) is 6.92 Å². The van der Waals surface area contributed by atoms with Gasteiger partial charge in [-0.1, -0.05) is 23.4 Å². The lowest BCUT2D eigenvalue weighted by molar-refractivity contribution is 0.357. The first kappa shape index (κ1) is 13.3. The number of fused-ring (bicyclic) bond motifs is 1. The predicted molar refractivity (Wildman–Crippen MR) is 73.9 cm³/mol. The molecule has 0 spiro atoms. The van der Waals surface area contributed by atoms with Crippen LogP contribution in [0.2, 0.25) is 0 Å². The van der Waals surface area contributed by atoms with Gasteiger partial charge in [0.15, 0.2) is 15.6 Å². The maximum absolute atomic E-state index is 12.0. The second kappa shape index (κ2) is 5.03. The average Bonchev–Trinajstić information content (AvgIpc) is 2.84. The zero-order valence-electron chi connectivity index (χ0n) is 11.2. The van der Waals surface area contributed by atoms with Gasteiger partial charge in [-0.05, 0) is 25.0 Å². The van der Waals surface area contributed by atoms with Crippen LogP contribution in [0.3, 0.4) is 0 Å². The molecule has 0 aliphatic carbocycles. The summed E-state index contributed by atoms with van der Waals surface area (Å²) in [6.45, 7) is 2.41. The van der Waals surface area contributed by atoms with Crippen molar-refractivity contribution < 1.29 is 12.9 Å². The molecule has 0 saturated carbocycles. The first-order valence-corrected chi connectivity index (χ1v) is 8.19. The molecule has 0 saturated heterocycles. The van der Waals surface area contributed by atoms with Crippen molar-refractivity contribution in [2.75, 3.05) is 5.75 Å². The van der Waals surface area contributed by atoms with Crippen LogP contribution in [-0.4, -0.2) is 19.3 Å². The minimum Gasteiger partial charge on any atom is -0.360 e. The highest BCUT2D eigenvalue weighted by molar-refractivity contribution is 7.91. The van der Waals surface area contributed by atoms with Crippen LogP contribution in [0.1, 0.15) is 29.5 Å². The Bertz CT molecular complexity index is 722. The molecule has 1 aliphatic rings. The summed E-state index contributed by atoms with van der Waals surface area (Å²) < 4.78 is 29.2. The van der Waals surface area contributed by atoms with E-state index >= 15 is 0 Å². The molecule has 106 valence electrons. The summed E-state index contributed by atoms with van der Waals surface area (Å²) in [6.07, 6.45) is 0.576. The number of benzene rings is 1. The van der Waals surface area contributed by atoms with Gasteiger partial charge in [0.25, 0.3) is 0 Å². The van der Waals surface area contributed by atoms with Crippen LogP contribution in [0.15, 0.2) is 39.8 Å². The summed E-state index contributed by atoms with van der Waals surface area (Å²) >= 11 is 0. The third-order valence-electron chi connectivity index (χ3n) is 3.50. The zero-order valence-corrected chi connectivity index (χ0v) is 12.0. The second-order valence-electron chi connectivity index (χ2n) is 5.01. The molecular formula is C14H16N2O3S. The Kier molecular flexibility index (Phi) is 3.35. The molecule has 1 aliphatic heterocycles. The van der Waals surface area contributed by atoms with Crippen LogP contribution < -0.4 is 5.32 Å². The summed E-state index contributed by atoms with van der Waals surface area (Å²) in [5.41, 5.74) is 1.68. The Labute approximate surface area is 117 Å². The number of hydrogen-bond acceptors (Lipinski definition) is 5. The van der Waals surface area contributed by atoms with E-state index in [-0.39, 0.29) is 11.8 Å². The Morgan fingerprint density at radius 1 is 1.40 bits per heavy atom. The maximum atomic E-state index is 12.0. The molecule has 1 N–H and O–H groups in total. The molecule has 0 radical (unpaired) electrons. The minimum atomic E-state index is -3.13. The number of aryl methyl sites for hydroxylation is 1. The molecule has 5 nitrogen and oxygen atoms in total. The molecule has 1 atom stereocenters. The van der Waals surface area contributed by atoms with Crippen molar-refractivity contribution in [2.24, 2.45) is 0 Å². The Morgan fingerprint density at radius 2 is 2.20 bits per heavy atom. The minimum absolute atomic E-state index is 0.0279. The highest BCUT2D eigenvalue weighted by atomic mass is 32.2. The summed E-state index contributed by atoms with van der Waals surface area (Å²) in [5.74, 6) is 0.935. The fraction of sp³-hybridized carbons (Fsp3) is 0.357. The van der Waals surface area contributed by atoms with Gasteiger partial charge in [-0.3, -0.25) is 0 Å². The lowest BCUT2D eigenvalue weighted by Gasteiger charge is -2.25. The lowest BCUT2D eigenvalue weighted by Crippen LogP contribution is -2.29. The normalized spacial score (nSPS) is 20.6. The molecule has 1 unspecified atom stereocenters. The Hall–Kier alpha value is -1.66. The van der Waals surface area contributed by atoms with Crippen LogP contribution in [0.25, 0.3) is 0 Å². The smallest absolute Gasteiger partial charge is 0.178 e. The van der Waals surface area contributed by atoms with E-state index in [2.05, 4.69) is 10.5 Å². The van der Waals surface area contributed by atoms with Gasteiger partial charge in [0.05, 0.1) is 22.9 Å². The monoisotopic (exact) mass is 292 g/mol. The summed E-state index contributed by atoms with van der Waals surface area (Å²) in [4.78, 5) is 0.442.